The van der Waals surface area contributed by atoms with Crippen molar-refractivity contribution in [2.45, 2.75) is 40.3 Å². The Hall–Kier alpha value is -4.08. The minimum absolute atomic E-state index is 0.233. The quantitative estimate of drug-likeness (QED) is 0.569. The number of hydrogen-bond donors (Lipinski definition) is 2. The predicted octanol–water partition coefficient (Wildman–Crippen LogP) is 2.87. The van der Waals surface area contributed by atoms with E-state index in [0.717, 1.165) is 15.9 Å². The highest BCUT2D eigenvalue weighted by Gasteiger charge is 2.15. The number of rotatable bonds is 6. The topological polar surface area (TPSA) is 128 Å². The SMILES string of the molecule is Cc1cccc(NC(=O)NC(=O)Cn2nnc(-c3cccc(C(=O)OC(C)C)c3)n2)c1C. The third-order valence-corrected chi connectivity index (χ3v) is 4.54. The number of carbonyl (C=O) groups is 3. The molecule has 2 N–H and O–H groups in total. The number of nitrogens with one attached hydrogen (secondary N) is 2. The number of nitrogens with zero attached hydrogens (tertiary/aromatic N) is 4. The van der Waals surface area contributed by atoms with Gasteiger partial charge in [-0.2, -0.15) is 4.80 Å². The Morgan fingerprint density at radius 3 is 2.59 bits per heavy atom. The minimum Gasteiger partial charge on any atom is -0.459 e. The average molecular weight is 436 g/mol. The second-order valence-electron chi connectivity index (χ2n) is 7.43. The Morgan fingerprint density at radius 1 is 1.09 bits per heavy atom. The summed E-state index contributed by atoms with van der Waals surface area (Å²) in [6, 6.07) is 11.5. The molecule has 3 rings (SSSR count). The van der Waals surface area contributed by atoms with E-state index in [-0.39, 0.29) is 18.5 Å². The van der Waals surface area contributed by atoms with Crippen molar-refractivity contribution in [2.75, 3.05) is 5.32 Å². The number of benzene rings is 2. The zero-order valence-corrected chi connectivity index (χ0v) is 18.2. The largest absolute Gasteiger partial charge is 0.459 e. The lowest BCUT2D eigenvalue weighted by Gasteiger charge is -2.10. The van der Waals surface area contributed by atoms with Gasteiger partial charge in [-0.05, 0) is 62.2 Å². The summed E-state index contributed by atoms with van der Waals surface area (Å²) in [5, 5.41) is 16.8. The number of aryl methyl sites for hydroxylation is 1. The molecule has 32 heavy (non-hydrogen) atoms. The van der Waals surface area contributed by atoms with E-state index in [1.165, 1.54) is 0 Å². The van der Waals surface area contributed by atoms with Gasteiger partial charge in [0.25, 0.3) is 5.91 Å². The summed E-state index contributed by atoms with van der Waals surface area (Å²) < 4.78 is 5.19. The number of amides is 3. The van der Waals surface area contributed by atoms with Gasteiger partial charge in [0, 0.05) is 11.3 Å². The molecule has 0 aliphatic heterocycles. The fourth-order valence-electron chi connectivity index (χ4n) is 2.83. The molecule has 0 radical (unpaired) electrons. The Kier molecular flexibility index (Phi) is 6.93. The molecule has 0 fully saturated rings. The molecular formula is C22H24N6O4. The minimum atomic E-state index is -0.652. The van der Waals surface area contributed by atoms with Crippen molar-refractivity contribution >= 4 is 23.6 Å². The van der Waals surface area contributed by atoms with E-state index in [0.29, 0.717) is 16.8 Å². The first-order valence-corrected chi connectivity index (χ1v) is 9.99. The van der Waals surface area contributed by atoms with Crippen molar-refractivity contribution in [1.29, 1.82) is 0 Å². The number of esters is 1. The molecule has 0 atom stereocenters. The number of aromatic nitrogens is 4. The molecule has 0 saturated heterocycles. The third-order valence-electron chi connectivity index (χ3n) is 4.54. The smallest absolute Gasteiger partial charge is 0.338 e. The van der Waals surface area contributed by atoms with Crippen LogP contribution in [0.1, 0.15) is 35.3 Å². The Labute approximate surface area is 185 Å². The monoisotopic (exact) mass is 436 g/mol. The van der Waals surface area contributed by atoms with Crippen molar-refractivity contribution in [3.8, 4) is 11.4 Å². The molecule has 1 aromatic heterocycles. The summed E-state index contributed by atoms with van der Waals surface area (Å²) in [6.07, 6.45) is -0.240. The lowest BCUT2D eigenvalue weighted by Crippen LogP contribution is -2.37. The summed E-state index contributed by atoms with van der Waals surface area (Å²) in [7, 11) is 0. The van der Waals surface area contributed by atoms with Crippen molar-refractivity contribution in [3.05, 3.63) is 59.2 Å². The molecule has 3 amide bonds. The van der Waals surface area contributed by atoms with Gasteiger partial charge in [0.15, 0.2) is 0 Å². The van der Waals surface area contributed by atoms with Crippen molar-refractivity contribution in [2.24, 2.45) is 0 Å². The molecule has 3 aromatic rings. The number of tetrazole rings is 1. The molecule has 10 nitrogen and oxygen atoms in total. The van der Waals surface area contributed by atoms with E-state index in [4.69, 9.17) is 4.74 Å². The normalized spacial score (nSPS) is 10.7. The number of urea groups is 1. The highest BCUT2D eigenvalue weighted by atomic mass is 16.5. The molecule has 0 bridgehead atoms. The van der Waals surface area contributed by atoms with Crippen LogP contribution >= 0.6 is 0 Å². The Bertz CT molecular complexity index is 1150. The summed E-state index contributed by atoms with van der Waals surface area (Å²) in [5.41, 5.74) is 3.45. The number of ether oxygens (including phenoxy) is 1. The molecule has 0 saturated carbocycles. The summed E-state index contributed by atoms with van der Waals surface area (Å²) >= 11 is 0. The number of imide groups is 1. The van der Waals surface area contributed by atoms with E-state index in [1.807, 2.05) is 26.0 Å². The maximum atomic E-state index is 12.2. The first kappa shape index (κ1) is 22.6. The molecule has 10 heteroatoms. The van der Waals surface area contributed by atoms with Crippen molar-refractivity contribution < 1.29 is 19.1 Å². The van der Waals surface area contributed by atoms with Crippen LogP contribution in [0, 0.1) is 13.8 Å². The van der Waals surface area contributed by atoms with Crippen LogP contribution in [0.15, 0.2) is 42.5 Å². The summed E-state index contributed by atoms with van der Waals surface area (Å²) in [4.78, 5) is 37.5. The van der Waals surface area contributed by atoms with Crippen LogP contribution in [0.25, 0.3) is 11.4 Å². The lowest BCUT2D eigenvalue weighted by atomic mass is 10.1. The molecule has 0 aliphatic carbocycles. The summed E-state index contributed by atoms with van der Waals surface area (Å²) in [6.45, 7) is 7.04. The van der Waals surface area contributed by atoms with Crippen molar-refractivity contribution in [1.82, 2.24) is 25.5 Å². The van der Waals surface area contributed by atoms with Crippen LogP contribution in [0.2, 0.25) is 0 Å². The highest BCUT2D eigenvalue weighted by Crippen LogP contribution is 2.18. The van der Waals surface area contributed by atoms with Gasteiger partial charge in [-0.3, -0.25) is 10.1 Å². The highest BCUT2D eigenvalue weighted by molar-refractivity contribution is 6.01. The maximum absolute atomic E-state index is 12.2. The zero-order valence-electron chi connectivity index (χ0n) is 18.2. The third kappa shape index (κ3) is 5.75. The van der Waals surface area contributed by atoms with Crippen LogP contribution in [-0.2, 0) is 16.1 Å². The lowest BCUT2D eigenvalue weighted by molar-refractivity contribution is -0.120. The van der Waals surface area contributed by atoms with Crippen LogP contribution in [-0.4, -0.2) is 44.2 Å². The van der Waals surface area contributed by atoms with E-state index in [1.54, 1.807) is 44.2 Å². The molecular weight excluding hydrogens is 412 g/mol. The number of anilines is 1. The van der Waals surface area contributed by atoms with E-state index >= 15 is 0 Å². The second kappa shape index (κ2) is 9.82. The van der Waals surface area contributed by atoms with Gasteiger partial charge in [-0.15, -0.1) is 10.2 Å². The second-order valence-corrected chi connectivity index (χ2v) is 7.43. The first-order valence-electron chi connectivity index (χ1n) is 9.99. The predicted molar refractivity (Wildman–Crippen MR) is 117 cm³/mol. The van der Waals surface area contributed by atoms with Gasteiger partial charge in [0.2, 0.25) is 5.82 Å². The van der Waals surface area contributed by atoms with Crippen LogP contribution in [0.3, 0.4) is 0 Å². The van der Waals surface area contributed by atoms with Gasteiger partial charge in [-0.25, -0.2) is 9.59 Å². The Balaban J connectivity index is 1.61. The summed E-state index contributed by atoms with van der Waals surface area (Å²) in [5.74, 6) is -0.827. The fraction of sp³-hybridized carbons (Fsp3) is 0.273. The van der Waals surface area contributed by atoms with Crippen molar-refractivity contribution in [3.63, 3.8) is 0 Å². The van der Waals surface area contributed by atoms with Gasteiger partial charge < -0.3 is 10.1 Å². The van der Waals surface area contributed by atoms with Crippen LogP contribution in [0.4, 0.5) is 10.5 Å². The average Bonchev–Trinajstić information content (AvgIpc) is 3.19. The molecule has 2 aromatic carbocycles. The van der Waals surface area contributed by atoms with Gasteiger partial charge >= 0.3 is 12.0 Å². The van der Waals surface area contributed by atoms with E-state index in [2.05, 4.69) is 26.0 Å². The van der Waals surface area contributed by atoms with E-state index in [9.17, 15) is 14.4 Å². The maximum Gasteiger partial charge on any atom is 0.338 e. The van der Waals surface area contributed by atoms with Gasteiger partial charge in [0.1, 0.15) is 6.54 Å². The standard InChI is InChI=1S/C22H24N6O4/c1-13(2)32-21(30)17-9-6-8-16(11-17)20-25-27-28(26-20)12-19(29)24-22(31)23-18-10-5-7-14(3)15(18)4/h5-11,13H,12H2,1-4H3,(H2,23,24,29,31). The van der Waals surface area contributed by atoms with E-state index < -0.39 is 17.9 Å². The molecule has 0 aliphatic rings. The zero-order chi connectivity index (χ0) is 23.3. The number of carbonyl (C=O) groups excluding carboxylic acids is 3. The van der Waals surface area contributed by atoms with Gasteiger partial charge in [0.05, 0.1) is 11.7 Å². The van der Waals surface area contributed by atoms with Crippen LogP contribution < -0.4 is 10.6 Å². The fourth-order valence-corrected chi connectivity index (χ4v) is 2.83. The molecule has 0 unspecified atom stereocenters. The molecule has 0 spiro atoms. The molecule has 166 valence electrons. The first-order chi connectivity index (χ1) is 15.2. The number of hydrogen-bond acceptors (Lipinski definition) is 7. The molecule has 1 heterocycles. The van der Waals surface area contributed by atoms with Crippen LogP contribution in [0.5, 0.6) is 0 Å². The Morgan fingerprint density at radius 2 is 1.84 bits per heavy atom. The van der Waals surface area contributed by atoms with Gasteiger partial charge in [-0.1, -0.05) is 24.3 Å².